The van der Waals surface area contributed by atoms with E-state index in [1.165, 1.54) is 5.56 Å². The molecule has 2 unspecified atom stereocenters. The van der Waals surface area contributed by atoms with Crippen LogP contribution in [0.5, 0.6) is 5.75 Å². The summed E-state index contributed by atoms with van der Waals surface area (Å²) in [5, 5.41) is 3.35. The number of ether oxygens (including phenoxy) is 1. The fourth-order valence-electron chi connectivity index (χ4n) is 2.80. The molecule has 1 saturated heterocycles. The molecule has 2 rings (SSSR count). The van der Waals surface area contributed by atoms with Crippen molar-refractivity contribution < 1.29 is 9.53 Å². The van der Waals surface area contributed by atoms with Crippen LogP contribution in [0.4, 0.5) is 0 Å². The van der Waals surface area contributed by atoms with Crippen molar-refractivity contribution in [2.75, 3.05) is 20.2 Å². The summed E-state index contributed by atoms with van der Waals surface area (Å²) in [6, 6.07) is 8.49. The van der Waals surface area contributed by atoms with E-state index in [0.717, 1.165) is 25.3 Å². The zero-order valence-electron chi connectivity index (χ0n) is 12.6. The van der Waals surface area contributed by atoms with Crippen LogP contribution >= 0.6 is 0 Å². The highest BCUT2D eigenvalue weighted by atomic mass is 16.5. The summed E-state index contributed by atoms with van der Waals surface area (Å²) in [6.07, 6.45) is 1.35. The van der Waals surface area contributed by atoms with Crippen LogP contribution in [-0.2, 0) is 11.2 Å². The zero-order valence-corrected chi connectivity index (χ0v) is 12.6. The molecule has 1 heterocycles. The van der Waals surface area contributed by atoms with Gasteiger partial charge in [0.25, 0.3) is 0 Å². The Labute approximate surface area is 121 Å². The van der Waals surface area contributed by atoms with E-state index in [1.807, 2.05) is 29.2 Å². The summed E-state index contributed by atoms with van der Waals surface area (Å²) in [5.74, 6) is 1.10. The Morgan fingerprint density at radius 3 is 2.40 bits per heavy atom. The molecule has 4 nitrogen and oxygen atoms in total. The number of hydrogen-bond donors (Lipinski definition) is 1. The molecule has 20 heavy (non-hydrogen) atoms. The Hall–Kier alpha value is -1.55. The summed E-state index contributed by atoms with van der Waals surface area (Å²) in [6.45, 7) is 5.99. The van der Waals surface area contributed by atoms with Gasteiger partial charge in [0, 0.05) is 31.6 Å². The molecule has 1 N–H and O–H groups in total. The maximum absolute atomic E-state index is 12.4. The van der Waals surface area contributed by atoms with E-state index >= 15 is 0 Å². The lowest BCUT2D eigenvalue weighted by atomic mass is 10.1. The number of rotatable bonds is 4. The van der Waals surface area contributed by atoms with Gasteiger partial charge >= 0.3 is 0 Å². The molecule has 0 spiro atoms. The number of benzene rings is 1. The number of nitrogens with one attached hydrogen (secondary N) is 1. The van der Waals surface area contributed by atoms with Crippen LogP contribution in [-0.4, -0.2) is 43.1 Å². The van der Waals surface area contributed by atoms with Gasteiger partial charge in [-0.05, 0) is 38.0 Å². The Balaban J connectivity index is 1.90. The van der Waals surface area contributed by atoms with Gasteiger partial charge < -0.3 is 15.0 Å². The first-order valence-corrected chi connectivity index (χ1v) is 7.26. The summed E-state index contributed by atoms with van der Waals surface area (Å²) >= 11 is 0. The van der Waals surface area contributed by atoms with E-state index in [9.17, 15) is 4.79 Å². The highest BCUT2D eigenvalue weighted by molar-refractivity contribution is 5.77. The Morgan fingerprint density at radius 2 is 1.85 bits per heavy atom. The molecule has 0 saturated carbocycles. The Morgan fingerprint density at radius 1 is 1.25 bits per heavy atom. The first-order valence-electron chi connectivity index (χ1n) is 7.26. The molecule has 1 aliphatic rings. The molecule has 1 amide bonds. The van der Waals surface area contributed by atoms with Crippen molar-refractivity contribution in [1.29, 1.82) is 0 Å². The summed E-state index contributed by atoms with van der Waals surface area (Å²) in [7, 11) is 1.66. The van der Waals surface area contributed by atoms with E-state index in [-0.39, 0.29) is 18.0 Å². The molecule has 1 aromatic carbocycles. The van der Waals surface area contributed by atoms with Crippen molar-refractivity contribution in [2.45, 2.75) is 38.8 Å². The van der Waals surface area contributed by atoms with Crippen LogP contribution in [0.3, 0.4) is 0 Å². The van der Waals surface area contributed by atoms with Crippen molar-refractivity contribution in [1.82, 2.24) is 10.2 Å². The van der Waals surface area contributed by atoms with Gasteiger partial charge in [0.2, 0.25) is 5.91 Å². The van der Waals surface area contributed by atoms with E-state index in [4.69, 9.17) is 4.74 Å². The number of piperazine rings is 1. The van der Waals surface area contributed by atoms with Gasteiger partial charge in [0.15, 0.2) is 0 Å². The van der Waals surface area contributed by atoms with Gasteiger partial charge in [0.05, 0.1) is 7.11 Å². The second kappa shape index (κ2) is 6.75. The fraction of sp³-hybridized carbons (Fsp3) is 0.562. The first-order chi connectivity index (χ1) is 9.61. The lowest BCUT2D eigenvalue weighted by molar-refractivity contribution is -0.136. The smallest absolute Gasteiger partial charge is 0.223 e. The molecular formula is C16H24N2O2. The number of carbonyl (C=O) groups excluding carboxylic acids is 1. The van der Waals surface area contributed by atoms with Gasteiger partial charge in [-0.3, -0.25) is 4.79 Å². The SMILES string of the molecule is COc1ccc(CCC(=O)N2C(C)CNCC2C)cc1. The van der Waals surface area contributed by atoms with Crippen LogP contribution in [0.25, 0.3) is 0 Å². The minimum absolute atomic E-state index is 0.252. The molecule has 4 heteroatoms. The maximum atomic E-state index is 12.4. The summed E-state index contributed by atoms with van der Waals surface area (Å²) in [4.78, 5) is 14.4. The molecule has 0 aromatic heterocycles. The first kappa shape index (κ1) is 14.9. The second-order valence-corrected chi connectivity index (χ2v) is 5.51. The number of aryl methyl sites for hydroxylation is 1. The Kier molecular flexibility index (Phi) is 5.01. The third-order valence-electron chi connectivity index (χ3n) is 3.90. The molecule has 0 radical (unpaired) electrons. The minimum atomic E-state index is 0.252. The normalized spacial score (nSPS) is 22.6. The van der Waals surface area contributed by atoms with Crippen molar-refractivity contribution >= 4 is 5.91 Å². The highest BCUT2D eigenvalue weighted by Crippen LogP contribution is 2.15. The molecular weight excluding hydrogens is 252 g/mol. The van der Waals surface area contributed by atoms with Crippen molar-refractivity contribution in [3.8, 4) is 5.75 Å². The van der Waals surface area contributed by atoms with Gasteiger partial charge in [-0.25, -0.2) is 0 Å². The monoisotopic (exact) mass is 276 g/mol. The molecule has 1 aliphatic heterocycles. The molecule has 0 aliphatic carbocycles. The molecule has 0 bridgehead atoms. The second-order valence-electron chi connectivity index (χ2n) is 5.51. The molecule has 1 fully saturated rings. The summed E-state index contributed by atoms with van der Waals surface area (Å²) in [5.41, 5.74) is 1.18. The number of amides is 1. The quantitative estimate of drug-likeness (QED) is 0.912. The lowest BCUT2D eigenvalue weighted by Gasteiger charge is -2.39. The highest BCUT2D eigenvalue weighted by Gasteiger charge is 2.28. The van der Waals surface area contributed by atoms with E-state index in [2.05, 4.69) is 19.2 Å². The van der Waals surface area contributed by atoms with Gasteiger partial charge in [-0.2, -0.15) is 0 Å². The van der Waals surface area contributed by atoms with Gasteiger partial charge in [0.1, 0.15) is 5.75 Å². The predicted molar refractivity (Wildman–Crippen MR) is 80.0 cm³/mol. The molecule has 110 valence electrons. The number of hydrogen-bond acceptors (Lipinski definition) is 3. The largest absolute Gasteiger partial charge is 0.497 e. The van der Waals surface area contributed by atoms with Crippen LogP contribution in [0.15, 0.2) is 24.3 Å². The van der Waals surface area contributed by atoms with Crippen molar-refractivity contribution in [3.63, 3.8) is 0 Å². The van der Waals surface area contributed by atoms with Gasteiger partial charge in [-0.15, -0.1) is 0 Å². The van der Waals surface area contributed by atoms with Crippen LogP contribution in [0.2, 0.25) is 0 Å². The Bertz CT molecular complexity index is 434. The van der Waals surface area contributed by atoms with Crippen LogP contribution in [0.1, 0.15) is 25.8 Å². The van der Waals surface area contributed by atoms with Crippen molar-refractivity contribution in [2.24, 2.45) is 0 Å². The standard InChI is InChI=1S/C16H24N2O2/c1-12-10-17-11-13(2)18(12)16(19)9-6-14-4-7-15(20-3)8-5-14/h4-5,7-8,12-13,17H,6,9-11H2,1-3H3. The number of methoxy groups -OCH3 is 1. The average molecular weight is 276 g/mol. The third kappa shape index (κ3) is 3.51. The average Bonchev–Trinajstić information content (AvgIpc) is 2.45. The van der Waals surface area contributed by atoms with Crippen LogP contribution < -0.4 is 10.1 Å². The zero-order chi connectivity index (χ0) is 14.5. The lowest BCUT2D eigenvalue weighted by Crippen LogP contribution is -2.57. The summed E-state index contributed by atoms with van der Waals surface area (Å²) < 4.78 is 5.14. The van der Waals surface area contributed by atoms with E-state index in [1.54, 1.807) is 7.11 Å². The maximum Gasteiger partial charge on any atom is 0.223 e. The number of nitrogens with zero attached hydrogens (tertiary/aromatic N) is 1. The predicted octanol–water partition coefficient (Wildman–Crippen LogP) is 1.84. The third-order valence-corrected chi connectivity index (χ3v) is 3.90. The topological polar surface area (TPSA) is 41.6 Å². The minimum Gasteiger partial charge on any atom is -0.497 e. The van der Waals surface area contributed by atoms with Crippen molar-refractivity contribution in [3.05, 3.63) is 29.8 Å². The molecule has 2 atom stereocenters. The fourth-order valence-corrected chi connectivity index (χ4v) is 2.80. The van der Waals surface area contributed by atoms with Crippen LogP contribution in [0, 0.1) is 0 Å². The van der Waals surface area contributed by atoms with E-state index < -0.39 is 0 Å². The van der Waals surface area contributed by atoms with E-state index in [0.29, 0.717) is 6.42 Å². The molecule has 1 aromatic rings. The number of carbonyl (C=O) groups is 1. The van der Waals surface area contributed by atoms with Gasteiger partial charge in [-0.1, -0.05) is 12.1 Å².